The third-order valence-corrected chi connectivity index (χ3v) is 6.67. The number of nitrogens with two attached hydrogens (primary N) is 1. The van der Waals surface area contributed by atoms with Gasteiger partial charge in [0.1, 0.15) is 17.5 Å². The molecule has 3 aromatic rings. The molecular formula is C24H25ClN6S. The number of rotatable bonds is 7. The van der Waals surface area contributed by atoms with Crippen LogP contribution in [0.25, 0.3) is 11.3 Å². The summed E-state index contributed by atoms with van der Waals surface area (Å²) in [6.07, 6.45) is 0. The van der Waals surface area contributed by atoms with E-state index in [0.717, 1.165) is 45.0 Å². The molecule has 4 rings (SSSR count). The predicted molar refractivity (Wildman–Crippen MR) is 130 cm³/mol. The number of nitrogens with zero attached hydrogens (tertiary/aromatic N) is 5. The lowest BCUT2D eigenvalue weighted by atomic mass is 10.1. The van der Waals surface area contributed by atoms with Crippen LogP contribution in [0.2, 0.25) is 5.02 Å². The number of hydrogen-bond acceptors (Lipinski definition) is 7. The van der Waals surface area contributed by atoms with Crippen LogP contribution < -0.4 is 5.73 Å². The summed E-state index contributed by atoms with van der Waals surface area (Å²) in [6.45, 7) is 6.19. The van der Waals surface area contributed by atoms with Crippen molar-refractivity contribution in [2.45, 2.75) is 11.7 Å². The van der Waals surface area contributed by atoms with Gasteiger partial charge in [0.05, 0.1) is 10.7 Å². The summed E-state index contributed by atoms with van der Waals surface area (Å²) in [5, 5.41) is 10.6. The molecule has 164 valence electrons. The van der Waals surface area contributed by atoms with Gasteiger partial charge in [0.25, 0.3) is 0 Å². The van der Waals surface area contributed by atoms with Crippen molar-refractivity contribution in [1.82, 2.24) is 19.8 Å². The first-order chi connectivity index (χ1) is 15.6. The Bertz CT molecular complexity index is 1090. The van der Waals surface area contributed by atoms with Crippen LogP contribution in [-0.2, 0) is 6.54 Å². The highest BCUT2D eigenvalue weighted by molar-refractivity contribution is 7.99. The summed E-state index contributed by atoms with van der Waals surface area (Å²) < 4.78 is 0. The Kier molecular flexibility index (Phi) is 7.61. The van der Waals surface area contributed by atoms with Gasteiger partial charge in [-0.2, -0.15) is 5.26 Å². The molecule has 0 amide bonds. The van der Waals surface area contributed by atoms with Gasteiger partial charge < -0.3 is 5.73 Å². The van der Waals surface area contributed by atoms with Crippen LogP contribution in [0.15, 0.2) is 59.8 Å². The monoisotopic (exact) mass is 464 g/mol. The van der Waals surface area contributed by atoms with E-state index in [4.69, 9.17) is 17.3 Å². The van der Waals surface area contributed by atoms with Crippen molar-refractivity contribution in [1.29, 1.82) is 5.26 Å². The third kappa shape index (κ3) is 5.59. The average molecular weight is 465 g/mol. The molecule has 2 N–H and O–H groups in total. The van der Waals surface area contributed by atoms with E-state index in [1.807, 2.05) is 18.2 Å². The second kappa shape index (κ2) is 10.8. The molecule has 1 aliphatic heterocycles. The lowest BCUT2D eigenvalue weighted by molar-refractivity contribution is 0.133. The molecule has 0 saturated carbocycles. The van der Waals surface area contributed by atoms with Gasteiger partial charge in [-0.05, 0) is 11.6 Å². The van der Waals surface area contributed by atoms with Crippen molar-refractivity contribution < 1.29 is 0 Å². The van der Waals surface area contributed by atoms with Crippen LogP contribution in [0.3, 0.4) is 0 Å². The zero-order chi connectivity index (χ0) is 22.3. The molecule has 6 nitrogen and oxygen atoms in total. The molecule has 0 bridgehead atoms. The van der Waals surface area contributed by atoms with E-state index in [0.29, 0.717) is 21.4 Å². The Labute approximate surface area is 198 Å². The van der Waals surface area contributed by atoms with E-state index >= 15 is 0 Å². The van der Waals surface area contributed by atoms with Gasteiger partial charge in [-0.25, -0.2) is 9.97 Å². The van der Waals surface area contributed by atoms with Gasteiger partial charge >= 0.3 is 0 Å². The Morgan fingerprint density at radius 3 is 2.38 bits per heavy atom. The number of anilines is 1. The zero-order valence-electron chi connectivity index (χ0n) is 17.7. The molecule has 2 aromatic carbocycles. The molecule has 0 aliphatic carbocycles. The van der Waals surface area contributed by atoms with Crippen molar-refractivity contribution in [3.8, 4) is 17.3 Å². The van der Waals surface area contributed by atoms with E-state index in [9.17, 15) is 5.26 Å². The average Bonchev–Trinajstić information content (AvgIpc) is 2.81. The van der Waals surface area contributed by atoms with E-state index in [1.165, 1.54) is 5.56 Å². The molecule has 32 heavy (non-hydrogen) atoms. The second-order valence-electron chi connectivity index (χ2n) is 7.66. The van der Waals surface area contributed by atoms with Gasteiger partial charge in [0.2, 0.25) is 0 Å². The molecule has 0 unspecified atom stereocenters. The third-order valence-electron chi connectivity index (χ3n) is 5.51. The van der Waals surface area contributed by atoms with Crippen LogP contribution >= 0.6 is 23.4 Å². The van der Waals surface area contributed by atoms with Gasteiger partial charge in [-0.15, -0.1) is 0 Å². The van der Waals surface area contributed by atoms with E-state index in [1.54, 1.807) is 17.8 Å². The Balaban J connectivity index is 1.33. The molecule has 0 radical (unpaired) electrons. The smallest absolute Gasteiger partial charge is 0.190 e. The molecule has 0 spiro atoms. The minimum absolute atomic E-state index is 0.189. The van der Waals surface area contributed by atoms with E-state index in [2.05, 4.69) is 56.2 Å². The van der Waals surface area contributed by atoms with Crippen molar-refractivity contribution in [2.24, 2.45) is 0 Å². The molecule has 2 heterocycles. The SMILES string of the molecule is N#Cc1c(N)nc(SCCN2CCN(Cc3ccccc3)CC2)nc1-c1ccccc1Cl. The highest BCUT2D eigenvalue weighted by Gasteiger charge is 2.19. The maximum Gasteiger partial charge on any atom is 0.190 e. The fourth-order valence-electron chi connectivity index (χ4n) is 3.76. The highest BCUT2D eigenvalue weighted by atomic mass is 35.5. The topological polar surface area (TPSA) is 82.1 Å². The predicted octanol–water partition coefficient (Wildman–Crippen LogP) is 4.16. The number of nitriles is 1. The summed E-state index contributed by atoms with van der Waals surface area (Å²) in [4.78, 5) is 13.9. The number of thioether (sulfide) groups is 1. The first-order valence-corrected chi connectivity index (χ1v) is 11.9. The number of halogens is 1. The maximum absolute atomic E-state index is 9.53. The summed E-state index contributed by atoms with van der Waals surface area (Å²) in [6, 6.07) is 20.1. The van der Waals surface area contributed by atoms with Crippen molar-refractivity contribution in [3.63, 3.8) is 0 Å². The fourth-order valence-corrected chi connectivity index (χ4v) is 4.83. The first kappa shape index (κ1) is 22.6. The molecule has 0 atom stereocenters. The largest absolute Gasteiger partial charge is 0.382 e. The van der Waals surface area contributed by atoms with Gasteiger partial charge in [0, 0.05) is 50.6 Å². The Morgan fingerprint density at radius 2 is 1.66 bits per heavy atom. The van der Waals surface area contributed by atoms with E-state index < -0.39 is 0 Å². The van der Waals surface area contributed by atoms with Gasteiger partial charge in [-0.3, -0.25) is 9.80 Å². The summed E-state index contributed by atoms with van der Waals surface area (Å²) in [7, 11) is 0. The summed E-state index contributed by atoms with van der Waals surface area (Å²) in [5.41, 5.74) is 8.87. The lowest BCUT2D eigenvalue weighted by Gasteiger charge is -2.34. The zero-order valence-corrected chi connectivity index (χ0v) is 19.3. The van der Waals surface area contributed by atoms with Crippen LogP contribution in [-0.4, -0.2) is 58.2 Å². The van der Waals surface area contributed by atoms with Gasteiger partial charge in [0.15, 0.2) is 5.16 Å². The minimum Gasteiger partial charge on any atom is -0.382 e. The normalized spacial score (nSPS) is 14.9. The Hall–Kier alpha value is -2.63. The van der Waals surface area contributed by atoms with Crippen LogP contribution in [0.1, 0.15) is 11.1 Å². The fraction of sp³-hybridized carbons (Fsp3) is 0.292. The minimum atomic E-state index is 0.189. The van der Waals surface area contributed by atoms with Crippen molar-refractivity contribution in [2.75, 3.05) is 44.2 Å². The van der Waals surface area contributed by atoms with Gasteiger partial charge in [-0.1, -0.05) is 71.9 Å². The van der Waals surface area contributed by atoms with E-state index in [-0.39, 0.29) is 11.4 Å². The summed E-state index contributed by atoms with van der Waals surface area (Å²) >= 11 is 7.89. The first-order valence-electron chi connectivity index (χ1n) is 10.6. The number of aromatic nitrogens is 2. The number of piperazine rings is 1. The summed E-state index contributed by atoms with van der Waals surface area (Å²) in [5.74, 6) is 1.04. The maximum atomic E-state index is 9.53. The second-order valence-corrected chi connectivity index (χ2v) is 9.13. The molecular weight excluding hydrogens is 440 g/mol. The molecule has 1 fully saturated rings. The molecule has 1 aliphatic rings. The molecule has 8 heteroatoms. The molecule has 1 aromatic heterocycles. The quantitative estimate of drug-likeness (QED) is 0.415. The lowest BCUT2D eigenvalue weighted by Crippen LogP contribution is -2.46. The standard InChI is InChI=1S/C24H25ClN6S/c25-21-9-5-4-8-19(21)22-20(16-26)23(27)29-24(28-22)32-15-14-30-10-12-31(13-11-30)17-18-6-2-1-3-7-18/h1-9H,10-15,17H2,(H2,27,28,29). The number of nitrogen functional groups attached to an aromatic ring is 1. The van der Waals surface area contributed by atoms with Crippen LogP contribution in [0, 0.1) is 11.3 Å². The molecule has 1 saturated heterocycles. The number of benzene rings is 2. The van der Waals surface area contributed by atoms with Crippen molar-refractivity contribution in [3.05, 3.63) is 70.7 Å². The Morgan fingerprint density at radius 1 is 0.969 bits per heavy atom. The van der Waals surface area contributed by atoms with Crippen LogP contribution in [0.4, 0.5) is 5.82 Å². The van der Waals surface area contributed by atoms with Crippen LogP contribution in [0.5, 0.6) is 0 Å². The van der Waals surface area contributed by atoms with Crippen molar-refractivity contribution >= 4 is 29.2 Å². The number of hydrogen-bond donors (Lipinski definition) is 1. The highest BCUT2D eigenvalue weighted by Crippen LogP contribution is 2.32.